The molecule has 1 heterocycles. The number of ether oxygens (including phenoxy) is 2. The second-order valence-electron chi connectivity index (χ2n) is 3.24. The molecule has 0 saturated heterocycles. The molecule has 70 valence electrons. The van der Waals surface area contributed by atoms with Crippen LogP contribution in [0.25, 0.3) is 0 Å². The summed E-state index contributed by atoms with van der Waals surface area (Å²) >= 11 is 0. The number of carbonyl (C=O) groups is 1. The zero-order chi connectivity index (χ0) is 9.90. The van der Waals surface area contributed by atoms with Gasteiger partial charge in [0.25, 0.3) is 0 Å². The average molecular weight is 180 g/mol. The molecule has 13 heavy (non-hydrogen) atoms. The number of hydrogen-bond acceptors (Lipinski definition) is 3. The smallest absolute Gasteiger partial charge is 0.186 e. The van der Waals surface area contributed by atoms with E-state index < -0.39 is 11.9 Å². The Labute approximate surface area is 77.7 Å². The van der Waals surface area contributed by atoms with Crippen LogP contribution in [0.5, 0.6) is 0 Å². The molecule has 0 aromatic carbocycles. The lowest BCUT2D eigenvalue weighted by molar-refractivity contribution is -0.182. The second-order valence-corrected chi connectivity index (χ2v) is 3.24. The second kappa shape index (κ2) is 3.73. The summed E-state index contributed by atoms with van der Waals surface area (Å²) in [4.78, 5) is 11.2. The summed E-state index contributed by atoms with van der Waals surface area (Å²) in [6.07, 6.45) is 7.53. The predicted molar refractivity (Wildman–Crippen MR) is 47.9 cm³/mol. The highest BCUT2D eigenvalue weighted by Gasteiger charge is 2.32. The maximum atomic E-state index is 11.2. The monoisotopic (exact) mass is 180 g/mol. The van der Waals surface area contributed by atoms with Crippen LogP contribution in [0.1, 0.15) is 13.8 Å². The SMILES string of the molecule is C#CCOC1C=CC(=O)C(C)(C)O1. The molecule has 0 aliphatic carbocycles. The van der Waals surface area contributed by atoms with Crippen LogP contribution in [-0.2, 0) is 14.3 Å². The summed E-state index contributed by atoms with van der Waals surface area (Å²) in [7, 11) is 0. The topological polar surface area (TPSA) is 35.5 Å². The van der Waals surface area contributed by atoms with E-state index >= 15 is 0 Å². The van der Waals surface area contributed by atoms with Gasteiger partial charge in [-0.3, -0.25) is 4.79 Å². The lowest BCUT2D eigenvalue weighted by atomic mass is 10.0. The van der Waals surface area contributed by atoms with Crippen molar-refractivity contribution in [2.75, 3.05) is 6.61 Å². The molecule has 1 unspecified atom stereocenters. The van der Waals surface area contributed by atoms with Gasteiger partial charge in [0.15, 0.2) is 12.1 Å². The van der Waals surface area contributed by atoms with E-state index in [2.05, 4.69) is 5.92 Å². The molecule has 1 atom stereocenters. The zero-order valence-electron chi connectivity index (χ0n) is 7.74. The molecule has 0 radical (unpaired) electrons. The first kappa shape index (κ1) is 9.97. The maximum Gasteiger partial charge on any atom is 0.186 e. The molecule has 1 aliphatic heterocycles. The quantitative estimate of drug-likeness (QED) is 0.592. The van der Waals surface area contributed by atoms with Crippen LogP contribution in [0, 0.1) is 12.3 Å². The summed E-state index contributed by atoms with van der Waals surface area (Å²) in [5, 5.41) is 0. The molecule has 3 nitrogen and oxygen atoms in total. The minimum absolute atomic E-state index is 0.0620. The van der Waals surface area contributed by atoms with Crippen molar-refractivity contribution in [1.82, 2.24) is 0 Å². The average Bonchev–Trinajstić information content (AvgIpc) is 2.07. The van der Waals surface area contributed by atoms with Crippen molar-refractivity contribution in [2.24, 2.45) is 0 Å². The number of rotatable bonds is 2. The number of terminal acetylenes is 1. The van der Waals surface area contributed by atoms with Crippen molar-refractivity contribution in [3.8, 4) is 12.3 Å². The minimum atomic E-state index is -0.811. The predicted octanol–water partition coefficient (Wildman–Crippen LogP) is 0.896. The third-order valence-electron chi connectivity index (χ3n) is 1.74. The fourth-order valence-corrected chi connectivity index (χ4v) is 0.974. The fourth-order valence-electron chi connectivity index (χ4n) is 0.974. The van der Waals surface area contributed by atoms with Gasteiger partial charge >= 0.3 is 0 Å². The first-order chi connectivity index (χ1) is 6.06. The summed E-state index contributed by atoms with van der Waals surface area (Å²) in [6.45, 7) is 3.58. The lowest BCUT2D eigenvalue weighted by Gasteiger charge is -2.29. The third-order valence-corrected chi connectivity index (χ3v) is 1.74. The molecule has 3 heteroatoms. The summed E-state index contributed by atoms with van der Waals surface area (Å²) in [6, 6.07) is 0. The third kappa shape index (κ3) is 2.41. The Morgan fingerprint density at radius 3 is 3.00 bits per heavy atom. The minimum Gasteiger partial charge on any atom is -0.336 e. The fraction of sp³-hybridized carbons (Fsp3) is 0.500. The molecule has 0 amide bonds. The Bertz CT molecular complexity index is 270. The molecule has 0 bridgehead atoms. The van der Waals surface area contributed by atoms with E-state index in [4.69, 9.17) is 15.9 Å². The maximum absolute atomic E-state index is 11.2. The number of carbonyl (C=O) groups excluding carboxylic acids is 1. The molecular formula is C10H12O3. The lowest BCUT2D eigenvalue weighted by Crippen LogP contribution is -2.41. The first-order valence-electron chi connectivity index (χ1n) is 4.02. The molecule has 0 fully saturated rings. The molecule has 0 spiro atoms. The van der Waals surface area contributed by atoms with Gasteiger partial charge < -0.3 is 9.47 Å². The Morgan fingerprint density at radius 1 is 1.77 bits per heavy atom. The van der Waals surface area contributed by atoms with Crippen molar-refractivity contribution in [3.63, 3.8) is 0 Å². The summed E-state index contributed by atoms with van der Waals surface area (Å²) in [5.41, 5.74) is -0.811. The van der Waals surface area contributed by atoms with Gasteiger partial charge in [-0.15, -0.1) is 6.42 Å². The van der Waals surface area contributed by atoms with Crippen molar-refractivity contribution < 1.29 is 14.3 Å². The number of ketones is 1. The molecule has 0 N–H and O–H groups in total. The van der Waals surface area contributed by atoms with Gasteiger partial charge in [-0.25, -0.2) is 0 Å². The van der Waals surface area contributed by atoms with Gasteiger partial charge in [-0.1, -0.05) is 5.92 Å². The highest BCUT2D eigenvalue weighted by Crippen LogP contribution is 2.20. The van der Waals surface area contributed by atoms with Crippen molar-refractivity contribution in [2.45, 2.75) is 25.7 Å². The highest BCUT2D eigenvalue weighted by atomic mass is 16.7. The standard InChI is InChI=1S/C10H12O3/c1-4-7-12-9-6-5-8(11)10(2,3)13-9/h1,5-6,9H,7H2,2-3H3. The van der Waals surface area contributed by atoms with E-state index in [0.717, 1.165) is 0 Å². The van der Waals surface area contributed by atoms with E-state index in [0.29, 0.717) is 0 Å². The van der Waals surface area contributed by atoms with Gasteiger partial charge in [0.05, 0.1) is 0 Å². The molecular weight excluding hydrogens is 168 g/mol. The van der Waals surface area contributed by atoms with E-state index in [1.54, 1.807) is 19.9 Å². The Kier molecular flexibility index (Phi) is 2.86. The van der Waals surface area contributed by atoms with E-state index in [-0.39, 0.29) is 12.4 Å². The van der Waals surface area contributed by atoms with Crippen LogP contribution in [-0.4, -0.2) is 24.3 Å². The normalized spacial score (nSPS) is 25.6. The van der Waals surface area contributed by atoms with Gasteiger partial charge in [-0.2, -0.15) is 0 Å². The molecule has 1 aliphatic rings. The highest BCUT2D eigenvalue weighted by molar-refractivity contribution is 5.97. The van der Waals surface area contributed by atoms with Gasteiger partial charge in [-0.05, 0) is 26.0 Å². The zero-order valence-corrected chi connectivity index (χ0v) is 7.74. The Morgan fingerprint density at radius 2 is 2.46 bits per heavy atom. The van der Waals surface area contributed by atoms with E-state index in [9.17, 15) is 4.79 Å². The molecule has 0 aromatic rings. The molecule has 1 rings (SSSR count). The largest absolute Gasteiger partial charge is 0.336 e. The van der Waals surface area contributed by atoms with Crippen LogP contribution < -0.4 is 0 Å². The van der Waals surface area contributed by atoms with E-state index in [1.165, 1.54) is 6.08 Å². The van der Waals surface area contributed by atoms with Crippen LogP contribution in [0.3, 0.4) is 0 Å². The summed E-state index contributed by atoms with van der Waals surface area (Å²) < 4.78 is 10.5. The van der Waals surface area contributed by atoms with Crippen molar-refractivity contribution >= 4 is 5.78 Å². The van der Waals surface area contributed by atoms with Gasteiger partial charge in [0.1, 0.15) is 12.2 Å². The van der Waals surface area contributed by atoms with Crippen LogP contribution >= 0.6 is 0 Å². The molecule has 0 aromatic heterocycles. The van der Waals surface area contributed by atoms with Crippen LogP contribution in [0.4, 0.5) is 0 Å². The van der Waals surface area contributed by atoms with Crippen LogP contribution in [0.15, 0.2) is 12.2 Å². The van der Waals surface area contributed by atoms with Crippen LogP contribution in [0.2, 0.25) is 0 Å². The first-order valence-corrected chi connectivity index (χ1v) is 4.02. The summed E-state index contributed by atoms with van der Waals surface area (Å²) in [5.74, 6) is 2.27. The number of hydrogen-bond donors (Lipinski definition) is 0. The molecule has 0 saturated carbocycles. The Hall–Kier alpha value is -1.11. The van der Waals surface area contributed by atoms with Crippen molar-refractivity contribution in [1.29, 1.82) is 0 Å². The van der Waals surface area contributed by atoms with Gasteiger partial charge in [0, 0.05) is 0 Å². The van der Waals surface area contributed by atoms with E-state index in [1.807, 2.05) is 0 Å². The van der Waals surface area contributed by atoms with Crippen molar-refractivity contribution in [3.05, 3.63) is 12.2 Å². The van der Waals surface area contributed by atoms with Gasteiger partial charge in [0.2, 0.25) is 0 Å². The Balaban J connectivity index is 2.60.